The molecule has 1 aromatic heterocycles. The Morgan fingerprint density at radius 2 is 2.29 bits per heavy atom. The first kappa shape index (κ1) is 11.9. The number of carbonyl (C=O) groups is 1. The predicted molar refractivity (Wildman–Crippen MR) is 67.3 cm³/mol. The van der Waals surface area contributed by atoms with Gasteiger partial charge in [-0.2, -0.15) is 0 Å². The number of hydrogen-bond donors (Lipinski definition) is 2. The number of nitrogens with zero attached hydrogens (tertiary/aromatic N) is 1. The van der Waals surface area contributed by atoms with Crippen molar-refractivity contribution < 1.29 is 4.79 Å². The number of pyridine rings is 1. The average molecular weight is 233 g/mol. The third kappa shape index (κ3) is 3.19. The first-order valence-corrected chi connectivity index (χ1v) is 6.05. The van der Waals surface area contributed by atoms with Crippen LogP contribution in [0.3, 0.4) is 0 Å². The van der Waals surface area contributed by atoms with Crippen molar-refractivity contribution in [2.75, 3.05) is 12.3 Å². The molecule has 1 saturated carbocycles. The van der Waals surface area contributed by atoms with Gasteiger partial charge in [-0.05, 0) is 30.4 Å². The Balaban J connectivity index is 1.79. The number of carbonyl (C=O) groups excluding carboxylic acids is 1. The van der Waals surface area contributed by atoms with Crippen molar-refractivity contribution >= 4 is 11.6 Å². The maximum Gasteiger partial charge on any atom is 0.226 e. The lowest BCUT2D eigenvalue weighted by atomic mass is 9.70. The van der Waals surface area contributed by atoms with Gasteiger partial charge in [0.05, 0.1) is 18.3 Å². The van der Waals surface area contributed by atoms with Gasteiger partial charge in [0.2, 0.25) is 5.91 Å². The topological polar surface area (TPSA) is 68.0 Å². The Labute approximate surface area is 102 Å². The molecule has 92 valence electrons. The van der Waals surface area contributed by atoms with Crippen LogP contribution in [0.2, 0.25) is 0 Å². The molecule has 1 amide bonds. The number of amides is 1. The largest absolute Gasteiger partial charge is 0.397 e. The van der Waals surface area contributed by atoms with Gasteiger partial charge < -0.3 is 11.1 Å². The minimum atomic E-state index is 0.0374. The zero-order valence-electron chi connectivity index (χ0n) is 10.2. The molecule has 0 spiro atoms. The van der Waals surface area contributed by atoms with Crippen LogP contribution in [-0.4, -0.2) is 17.4 Å². The molecule has 4 nitrogen and oxygen atoms in total. The van der Waals surface area contributed by atoms with Crippen molar-refractivity contribution in [2.24, 2.45) is 5.41 Å². The van der Waals surface area contributed by atoms with Crippen LogP contribution in [0.5, 0.6) is 0 Å². The van der Waals surface area contributed by atoms with Crippen LogP contribution in [0.25, 0.3) is 0 Å². The van der Waals surface area contributed by atoms with Crippen LogP contribution in [0, 0.1) is 5.41 Å². The molecule has 1 aliphatic rings. The zero-order chi connectivity index (χ0) is 12.3. The maximum atomic E-state index is 11.7. The lowest BCUT2D eigenvalue weighted by Gasteiger charge is -2.38. The fourth-order valence-electron chi connectivity index (χ4n) is 2.04. The van der Waals surface area contributed by atoms with Gasteiger partial charge in [-0.1, -0.05) is 13.3 Å². The van der Waals surface area contributed by atoms with E-state index in [4.69, 9.17) is 5.73 Å². The van der Waals surface area contributed by atoms with Gasteiger partial charge in [-0.3, -0.25) is 9.78 Å². The summed E-state index contributed by atoms with van der Waals surface area (Å²) in [4.78, 5) is 15.8. The zero-order valence-corrected chi connectivity index (χ0v) is 10.2. The van der Waals surface area contributed by atoms with Crippen molar-refractivity contribution in [3.05, 3.63) is 24.0 Å². The summed E-state index contributed by atoms with van der Waals surface area (Å²) >= 11 is 0. The first-order valence-electron chi connectivity index (χ1n) is 6.05. The highest BCUT2D eigenvalue weighted by Gasteiger charge is 2.31. The van der Waals surface area contributed by atoms with Crippen LogP contribution in [0.1, 0.15) is 31.9 Å². The fraction of sp³-hybridized carbons (Fsp3) is 0.538. The molecule has 0 atom stereocenters. The summed E-state index contributed by atoms with van der Waals surface area (Å²) in [7, 11) is 0. The number of nitrogens with one attached hydrogen (secondary N) is 1. The second-order valence-electron chi connectivity index (χ2n) is 5.20. The van der Waals surface area contributed by atoms with Crippen LogP contribution >= 0.6 is 0 Å². The lowest BCUT2D eigenvalue weighted by molar-refractivity contribution is -0.121. The summed E-state index contributed by atoms with van der Waals surface area (Å²) in [5.74, 6) is 0.0374. The Hall–Kier alpha value is -1.58. The first-order chi connectivity index (χ1) is 8.07. The monoisotopic (exact) mass is 233 g/mol. The molecule has 1 aromatic rings. The predicted octanol–water partition coefficient (Wildman–Crippen LogP) is 1.51. The van der Waals surface area contributed by atoms with Gasteiger partial charge in [-0.15, -0.1) is 0 Å². The molecule has 0 unspecified atom stereocenters. The van der Waals surface area contributed by atoms with Crippen molar-refractivity contribution in [3.63, 3.8) is 0 Å². The number of rotatable bonds is 4. The molecule has 0 radical (unpaired) electrons. The molecule has 3 N–H and O–H groups in total. The molecule has 4 heteroatoms. The van der Waals surface area contributed by atoms with Crippen molar-refractivity contribution in [1.82, 2.24) is 10.3 Å². The number of anilines is 1. The minimum Gasteiger partial charge on any atom is -0.397 e. The van der Waals surface area contributed by atoms with Crippen molar-refractivity contribution in [3.8, 4) is 0 Å². The summed E-state index contributed by atoms with van der Waals surface area (Å²) < 4.78 is 0. The number of hydrogen-bond acceptors (Lipinski definition) is 3. The van der Waals surface area contributed by atoms with Gasteiger partial charge in [0.15, 0.2) is 0 Å². The summed E-state index contributed by atoms with van der Waals surface area (Å²) in [5.41, 5.74) is 7.24. The lowest BCUT2D eigenvalue weighted by Crippen LogP contribution is -2.40. The molecule has 17 heavy (non-hydrogen) atoms. The summed E-state index contributed by atoms with van der Waals surface area (Å²) in [6.45, 7) is 3.00. The summed E-state index contributed by atoms with van der Waals surface area (Å²) in [5, 5.41) is 2.98. The van der Waals surface area contributed by atoms with E-state index in [0.717, 1.165) is 12.2 Å². The maximum absolute atomic E-state index is 11.7. The van der Waals surface area contributed by atoms with Gasteiger partial charge in [-0.25, -0.2) is 0 Å². The van der Waals surface area contributed by atoms with Gasteiger partial charge >= 0.3 is 0 Å². The Bertz CT molecular complexity index is 396. The SMILES string of the molecule is CC1(CNC(=O)Cc2ccc(N)cn2)CCC1. The van der Waals surface area contributed by atoms with E-state index in [1.54, 1.807) is 18.3 Å². The van der Waals surface area contributed by atoms with E-state index in [1.165, 1.54) is 19.3 Å². The van der Waals surface area contributed by atoms with E-state index in [9.17, 15) is 4.79 Å². The molecule has 1 aliphatic carbocycles. The third-order valence-corrected chi connectivity index (χ3v) is 3.46. The van der Waals surface area contributed by atoms with E-state index >= 15 is 0 Å². The van der Waals surface area contributed by atoms with E-state index in [1.807, 2.05) is 0 Å². The number of nitrogens with two attached hydrogens (primary N) is 1. The second kappa shape index (κ2) is 4.73. The molecule has 0 aliphatic heterocycles. The quantitative estimate of drug-likeness (QED) is 0.828. The standard InChI is InChI=1S/C13H19N3O/c1-13(5-2-6-13)9-16-12(17)7-11-4-3-10(14)8-15-11/h3-4,8H,2,5-7,9,14H2,1H3,(H,16,17). The molecular weight excluding hydrogens is 214 g/mol. The minimum absolute atomic E-state index is 0.0374. The van der Waals surface area contributed by atoms with E-state index in [2.05, 4.69) is 17.2 Å². The Kier molecular flexibility index (Phi) is 3.31. The van der Waals surface area contributed by atoms with Crippen LogP contribution in [-0.2, 0) is 11.2 Å². The van der Waals surface area contributed by atoms with E-state index < -0.39 is 0 Å². The normalized spacial score (nSPS) is 17.2. The average Bonchev–Trinajstić information content (AvgIpc) is 2.27. The van der Waals surface area contributed by atoms with Crippen LogP contribution in [0.15, 0.2) is 18.3 Å². The van der Waals surface area contributed by atoms with Crippen LogP contribution in [0.4, 0.5) is 5.69 Å². The summed E-state index contributed by atoms with van der Waals surface area (Å²) in [6.07, 6.45) is 5.62. The smallest absolute Gasteiger partial charge is 0.226 e. The van der Waals surface area contributed by atoms with Crippen molar-refractivity contribution in [1.29, 1.82) is 0 Å². The van der Waals surface area contributed by atoms with Crippen LogP contribution < -0.4 is 11.1 Å². The Morgan fingerprint density at radius 3 is 2.82 bits per heavy atom. The molecule has 2 rings (SSSR count). The van der Waals surface area contributed by atoms with Gasteiger partial charge in [0, 0.05) is 12.2 Å². The molecule has 1 fully saturated rings. The molecule has 0 aromatic carbocycles. The summed E-state index contributed by atoms with van der Waals surface area (Å²) in [6, 6.07) is 3.56. The molecule has 0 bridgehead atoms. The second-order valence-corrected chi connectivity index (χ2v) is 5.20. The van der Waals surface area contributed by atoms with E-state index in [0.29, 0.717) is 17.5 Å². The van der Waals surface area contributed by atoms with Gasteiger partial charge in [0.1, 0.15) is 0 Å². The number of aromatic nitrogens is 1. The number of nitrogen functional groups attached to an aromatic ring is 1. The molecule has 1 heterocycles. The van der Waals surface area contributed by atoms with E-state index in [-0.39, 0.29) is 5.91 Å². The third-order valence-electron chi connectivity index (χ3n) is 3.46. The molecular formula is C13H19N3O. The molecule has 0 saturated heterocycles. The van der Waals surface area contributed by atoms with Gasteiger partial charge in [0.25, 0.3) is 0 Å². The highest BCUT2D eigenvalue weighted by Crippen LogP contribution is 2.39. The van der Waals surface area contributed by atoms with Crippen molar-refractivity contribution in [2.45, 2.75) is 32.6 Å². The highest BCUT2D eigenvalue weighted by molar-refractivity contribution is 5.78. The highest BCUT2D eigenvalue weighted by atomic mass is 16.1. The Morgan fingerprint density at radius 1 is 1.53 bits per heavy atom. The fourth-order valence-corrected chi connectivity index (χ4v) is 2.04.